The highest BCUT2D eigenvalue weighted by Crippen LogP contribution is 2.17. The number of rotatable bonds is 7. The van der Waals surface area contributed by atoms with Crippen molar-refractivity contribution >= 4 is 5.91 Å². The van der Waals surface area contributed by atoms with Gasteiger partial charge in [0.25, 0.3) is 0 Å². The lowest BCUT2D eigenvalue weighted by Crippen LogP contribution is -2.28. The molecule has 1 amide bonds. The first-order chi connectivity index (χ1) is 11.0. The molecular formula is C19H27N3O. The maximum Gasteiger partial charge on any atom is 0.220 e. The summed E-state index contributed by atoms with van der Waals surface area (Å²) in [6.45, 7) is 6.17. The Morgan fingerprint density at radius 2 is 1.96 bits per heavy atom. The van der Waals surface area contributed by atoms with Crippen molar-refractivity contribution in [2.45, 2.75) is 46.1 Å². The fourth-order valence-corrected chi connectivity index (χ4v) is 2.80. The van der Waals surface area contributed by atoms with E-state index in [-0.39, 0.29) is 11.9 Å². The molecule has 2 atom stereocenters. The molecule has 0 spiro atoms. The molecule has 0 radical (unpaired) electrons. The average molecular weight is 313 g/mol. The van der Waals surface area contributed by atoms with Crippen LogP contribution in [-0.4, -0.2) is 15.7 Å². The van der Waals surface area contributed by atoms with Crippen molar-refractivity contribution in [2.75, 3.05) is 0 Å². The second-order valence-corrected chi connectivity index (χ2v) is 6.43. The van der Waals surface area contributed by atoms with Gasteiger partial charge in [-0.25, -0.2) is 0 Å². The quantitative estimate of drug-likeness (QED) is 0.849. The zero-order chi connectivity index (χ0) is 16.8. The fourth-order valence-electron chi connectivity index (χ4n) is 2.80. The minimum Gasteiger partial charge on any atom is -0.349 e. The van der Waals surface area contributed by atoms with Crippen molar-refractivity contribution in [3.05, 3.63) is 53.3 Å². The Morgan fingerprint density at radius 1 is 1.26 bits per heavy atom. The first-order valence-electron chi connectivity index (χ1n) is 8.29. The molecule has 0 aliphatic carbocycles. The summed E-state index contributed by atoms with van der Waals surface area (Å²) >= 11 is 0. The fraction of sp³-hybridized carbons (Fsp3) is 0.474. The smallest absolute Gasteiger partial charge is 0.220 e. The molecule has 0 saturated carbocycles. The average Bonchev–Trinajstić information content (AvgIpc) is 2.86. The van der Waals surface area contributed by atoms with Gasteiger partial charge in [-0.05, 0) is 38.2 Å². The summed E-state index contributed by atoms with van der Waals surface area (Å²) in [5.41, 5.74) is 3.51. The maximum atomic E-state index is 12.2. The van der Waals surface area contributed by atoms with Crippen LogP contribution in [0.2, 0.25) is 0 Å². The monoisotopic (exact) mass is 313 g/mol. The molecule has 0 unspecified atom stereocenters. The number of aryl methyl sites for hydroxylation is 2. The number of aromatic nitrogens is 2. The lowest BCUT2D eigenvalue weighted by Gasteiger charge is -2.16. The summed E-state index contributed by atoms with van der Waals surface area (Å²) in [5.74, 6) is 0.485. The van der Waals surface area contributed by atoms with Crippen LogP contribution in [0.15, 0.2) is 36.5 Å². The summed E-state index contributed by atoms with van der Waals surface area (Å²) in [6, 6.07) is 10.4. The second-order valence-electron chi connectivity index (χ2n) is 6.43. The third-order valence-corrected chi connectivity index (χ3v) is 4.42. The number of nitrogens with zero attached hydrogens (tertiary/aromatic N) is 2. The van der Waals surface area contributed by atoms with Gasteiger partial charge >= 0.3 is 0 Å². The molecule has 124 valence electrons. The largest absolute Gasteiger partial charge is 0.349 e. The summed E-state index contributed by atoms with van der Waals surface area (Å²) in [7, 11) is 1.92. The zero-order valence-corrected chi connectivity index (χ0v) is 14.5. The van der Waals surface area contributed by atoms with E-state index >= 15 is 0 Å². The minimum absolute atomic E-state index is 0.00229. The van der Waals surface area contributed by atoms with Crippen molar-refractivity contribution < 1.29 is 4.79 Å². The molecule has 1 aromatic carbocycles. The van der Waals surface area contributed by atoms with Crippen LogP contribution in [0.4, 0.5) is 0 Å². The van der Waals surface area contributed by atoms with Gasteiger partial charge in [-0.1, -0.05) is 37.3 Å². The normalized spacial score (nSPS) is 13.6. The molecule has 1 aromatic heterocycles. The van der Waals surface area contributed by atoms with E-state index in [1.54, 1.807) is 0 Å². The van der Waals surface area contributed by atoms with Crippen LogP contribution < -0.4 is 5.32 Å². The van der Waals surface area contributed by atoms with E-state index in [1.807, 2.05) is 37.8 Å². The van der Waals surface area contributed by atoms with E-state index in [9.17, 15) is 4.79 Å². The van der Waals surface area contributed by atoms with Crippen molar-refractivity contribution in [1.82, 2.24) is 15.1 Å². The van der Waals surface area contributed by atoms with Crippen LogP contribution in [0.5, 0.6) is 0 Å². The lowest BCUT2D eigenvalue weighted by atomic mass is 9.97. The van der Waals surface area contributed by atoms with Crippen LogP contribution in [0.25, 0.3) is 0 Å². The van der Waals surface area contributed by atoms with Crippen LogP contribution in [0, 0.1) is 12.8 Å². The summed E-state index contributed by atoms with van der Waals surface area (Å²) in [4.78, 5) is 12.2. The highest BCUT2D eigenvalue weighted by molar-refractivity contribution is 5.76. The van der Waals surface area contributed by atoms with Gasteiger partial charge in [0.05, 0.1) is 12.2 Å². The molecule has 0 bridgehead atoms. The Morgan fingerprint density at radius 3 is 2.57 bits per heavy atom. The Balaban J connectivity index is 1.78. The summed E-state index contributed by atoms with van der Waals surface area (Å²) in [6.07, 6.45) is 4.44. The molecule has 1 N–H and O–H groups in total. The van der Waals surface area contributed by atoms with E-state index < -0.39 is 0 Å². The highest BCUT2D eigenvalue weighted by atomic mass is 16.1. The molecule has 0 saturated heterocycles. The number of carbonyl (C=O) groups excluding carboxylic acids is 1. The van der Waals surface area contributed by atoms with Crippen molar-refractivity contribution in [3.63, 3.8) is 0 Å². The molecule has 2 rings (SSSR count). The number of benzene rings is 1. The van der Waals surface area contributed by atoms with Gasteiger partial charge in [-0.2, -0.15) is 5.10 Å². The second kappa shape index (κ2) is 7.95. The standard InChI is InChI=1S/C19H27N3O/c1-14(10-11-17-8-6-5-7-9-17)12-19(23)21-15(2)18-13-20-22(4)16(18)3/h5-9,13-15H,10-12H2,1-4H3,(H,21,23)/t14-,15-/m1/s1. The first-order valence-corrected chi connectivity index (χ1v) is 8.29. The Hall–Kier alpha value is -2.10. The molecule has 0 aliphatic heterocycles. The number of carbonyl (C=O) groups is 1. The van der Waals surface area contributed by atoms with E-state index in [1.165, 1.54) is 5.56 Å². The Kier molecular flexibility index (Phi) is 5.97. The summed E-state index contributed by atoms with van der Waals surface area (Å²) in [5, 5.41) is 7.32. The van der Waals surface area contributed by atoms with E-state index in [0.717, 1.165) is 24.1 Å². The van der Waals surface area contributed by atoms with Crippen LogP contribution in [0.3, 0.4) is 0 Å². The van der Waals surface area contributed by atoms with Gasteiger partial charge in [-0.3, -0.25) is 9.48 Å². The SMILES string of the molecule is Cc1c([C@@H](C)NC(=O)C[C@H](C)CCc2ccccc2)cnn1C. The van der Waals surface area contributed by atoms with Crippen molar-refractivity contribution in [2.24, 2.45) is 13.0 Å². The molecule has 1 heterocycles. The first kappa shape index (κ1) is 17.3. The van der Waals surface area contributed by atoms with E-state index in [4.69, 9.17) is 0 Å². The van der Waals surface area contributed by atoms with Crippen LogP contribution >= 0.6 is 0 Å². The van der Waals surface area contributed by atoms with Gasteiger partial charge in [0, 0.05) is 24.7 Å². The number of amides is 1. The topological polar surface area (TPSA) is 46.9 Å². The number of hydrogen-bond donors (Lipinski definition) is 1. The Labute approximate surface area is 138 Å². The van der Waals surface area contributed by atoms with E-state index in [0.29, 0.717) is 12.3 Å². The lowest BCUT2D eigenvalue weighted by molar-refractivity contribution is -0.122. The van der Waals surface area contributed by atoms with E-state index in [2.05, 4.69) is 41.6 Å². The van der Waals surface area contributed by atoms with Crippen LogP contribution in [0.1, 0.15) is 49.6 Å². The zero-order valence-electron chi connectivity index (χ0n) is 14.5. The summed E-state index contributed by atoms with van der Waals surface area (Å²) < 4.78 is 1.83. The van der Waals surface area contributed by atoms with Crippen molar-refractivity contribution in [1.29, 1.82) is 0 Å². The molecule has 4 nitrogen and oxygen atoms in total. The molecule has 0 fully saturated rings. The predicted molar refractivity (Wildman–Crippen MR) is 93.0 cm³/mol. The molecule has 0 aliphatic rings. The van der Waals surface area contributed by atoms with Gasteiger partial charge in [0.15, 0.2) is 0 Å². The van der Waals surface area contributed by atoms with Crippen LogP contribution in [-0.2, 0) is 18.3 Å². The molecule has 23 heavy (non-hydrogen) atoms. The van der Waals surface area contributed by atoms with Gasteiger partial charge < -0.3 is 5.32 Å². The van der Waals surface area contributed by atoms with Gasteiger partial charge in [-0.15, -0.1) is 0 Å². The molecule has 4 heteroatoms. The highest BCUT2D eigenvalue weighted by Gasteiger charge is 2.16. The van der Waals surface area contributed by atoms with Crippen molar-refractivity contribution in [3.8, 4) is 0 Å². The third kappa shape index (κ3) is 4.95. The van der Waals surface area contributed by atoms with Gasteiger partial charge in [0.1, 0.15) is 0 Å². The number of hydrogen-bond acceptors (Lipinski definition) is 2. The predicted octanol–water partition coefficient (Wildman–Crippen LogP) is 3.56. The molecular weight excluding hydrogens is 286 g/mol. The Bertz CT molecular complexity index is 633. The number of nitrogens with one attached hydrogen (secondary N) is 1. The minimum atomic E-state index is -0.00229. The third-order valence-electron chi connectivity index (χ3n) is 4.42. The van der Waals surface area contributed by atoms with Gasteiger partial charge in [0.2, 0.25) is 5.91 Å². The molecule has 2 aromatic rings. The maximum absolute atomic E-state index is 12.2.